The third-order valence-corrected chi connectivity index (χ3v) is 7.64. The number of para-hydroxylation sites is 1. The predicted molar refractivity (Wildman–Crippen MR) is 159 cm³/mol. The quantitative estimate of drug-likeness (QED) is 0.192. The summed E-state index contributed by atoms with van der Waals surface area (Å²) in [6, 6.07) is 31.1. The molecule has 0 unspecified atom stereocenters. The maximum atomic E-state index is 6.13. The Morgan fingerprint density at radius 2 is 1.62 bits per heavy atom. The molecule has 1 aliphatic rings. The van der Waals surface area contributed by atoms with E-state index in [1.807, 2.05) is 59.1 Å². The van der Waals surface area contributed by atoms with Gasteiger partial charge in [0.15, 0.2) is 11.5 Å². The number of aryl methyl sites for hydroxylation is 1. The van der Waals surface area contributed by atoms with Crippen LogP contribution >= 0.6 is 0 Å². The minimum Gasteiger partial charge on any atom is -0.496 e. The lowest BCUT2D eigenvalue weighted by molar-refractivity contribution is 0.297. The van der Waals surface area contributed by atoms with Crippen LogP contribution in [0.1, 0.15) is 41.8 Å². The monoisotopic (exact) mass is 532 g/mol. The maximum Gasteiger partial charge on any atom is 0.156 e. The molecule has 6 nitrogen and oxygen atoms in total. The van der Waals surface area contributed by atoms with E-state index in [0.717, 1.165) is 46.2 Å². The molecule has 3 heterocycles. The summed E-state index contributed by atoms with van der Waals surface area (Å²) in [6.07, 6.45) is 5.78. The van der Waals surface area contributed by atoms with E-state index in [9.17, 15) is 0 Å². The normalized spacial score (nSPS) is 13.6. The van der Waals surface area contributed by atoms with Crippen molar-refractivity contribution in [3.8, 4) is 22.8 Å². The van der Waals surface area contributed by atoms with Crippen LogP contribution in [-0.2, 0) is 19.4 Å². The second-order valence-corrected chi connectivity index (χ2v) is 10.5. The van der Waals surface area contributed by atoms with Gasteiger partial charge in [0.25, 0.3) is 0 Å². The summed E-state index contributed by atoms with van der Waals surface area (Å²) in [7, 11) is 1.68. The molecule has 0 aliphatic carbocycles. The predicted octanol–water partition coefficient (Wildman–Crippen LogP) is 6.60. The highest BCUT2D eigenvalue weighted by Crippen LogP contribution is 2.26. The number of aromatic nitrogens is 3. The number of methoxy groups -OCH3 is 1. The van der Waals surface area contributed by atoms with E-state index in [1.165, 1.54) is 50.0 Å². The minimum absolute atomic E-state index is 0.433. The molecule has 1 saturated heterocycles. The zero-order chi connectivity index (χ0) is 27.1. The number of rotatable bonds is 11. The van der Waals surface area contributed by atoms with Gasteiger partial charge in [0.2, 0.25) is 0 Å². The van der Waals surface area contributed by atoms with Gasteiger partial charge in [0.05, 0.1) is 12.8 Å². The number of pyridine rings is 1. The molecule has 5 aromatic rings. The molecule has 40 heavy (non-hydrogen) atoms. The van der Waals surface area contributed by atoms with Crippen molar-refractivity contribution in [2.75, 3.05) is 26.7 Å². The van der Waals surface area contributed by atoms with Crippen LogP contribution in [0.2, 0.25) is 0 Å². The van der Waals surface area contributed by atoms with Crippen molar-refractivity contribution >= 4 is 5.65 Å². The van der Waals surface area contributed by atoms with Gasteiger partial charge in [-0.3, -0.25) is 0 Å². The fraction of sp³-hybridized carbons (Fsp3) is 0.294. The Hall–Kier alpha value is -4.16. The zero-order valence-corrected chi connectivity index (χ0v) is 23.1. The number of ether oxygens (including phenoxy) is 2. The third-order valence-electron chi connectivity index (χ3n) is 7.64. The van der Waals surface area contributed by atoms with Gasteiger partial charge < -0.3 is 14.4 Å². The first kappa shape index (κ1) is 26.1. The number of fused-ring (bicyclic) bond motifs is 1. The Kier molecular flexibility index (Phi) is 8.05. The van der Waals surface area contributed by atoms with Gasteiger partial charge in [-0.05, 0) is 86.8 Å². The van der Waals surface area contributed by atoms with E-state index >= 15 is 0 Å². The highest BCUT2D eigenvalue weighted by molar-refractivity contribution is 5.64. The second-order valence-electron chi connectivity index (χ2n) is 10.5. The van der Waals surface area contributed by atoms with E-state index in [0.29, 0.717) is 13.0 Å². The summed E-state index contributed by atoms with van der Waals surface area (Å²) in [5.74, 6) is 2.44. The summed E-state index contributed by atoms with van der Waals surface area (Å²) < 4.78 is 13.5. The van der Waals surface area contributed by atoms with Gasteiger partial charge in [0.1, 0.15) is 18.1 Å². The van der Waals surface area contributed by atoms with Gasteiger partial charge in [-0.1, -0.05) is 60.7 Å². The summed E-state index contributed by atoms with van der Waals surface area (Å²) in [6.45, 7) is 4.19. The average Bonchev–Trinajstić information content (AvgIpc) is 3.67. The first-order chi connectivity index (χ1) is 19.7. The second kappa shape index (κ2) is 12.3. The fourth-order valence-electron chi connectivity index (χ4n) is 5.49. The van der Waals surface area contributed by atoms with Crippen LogP contribution in [0.5, 0.6) is 11.5 Å². The van der Waals surface area contributed by atoms with E-state index in [2.05, 4.69) is 41.3 Å². The van der Waals surface area contributed by atoms with Crippen molar-refractivity contribution in [3.05, 3.63) is 114 Å². The first-order valence-corrected chi connectivity index (χ1v) is 14.3. The van der Waals surface area contributed by atoms with Crippen molar-refractivity contribution in [3.63, 3.8) is 0 Å². The number of hydrogen-bond acceptors (Lipinski definition) is 5. The van der Waals surface area contributed by atoms with Gasteiger partial charge in [-0.15, -0.1) is 0 Å². The Morgan fingerprint density at radius 3 is 2.48 bits per heavy atom. The Balaban J connectivity index is 1.13. The van der Waals surface area contributed by atoms with E-state index < -0.39 is 0 Å². The molecule has 204 valence electrons. The molecule has 0 bridgehead atoms. The third kappa shape index (κ3) is 6.18. The van der Waals surface area contributed by atoms with Crippen molar-refractivity contribution in [1.29, 1.82) is 0 Å². The summed E-state index contributed by atoms with van der Waals surface area (Å²) in [4.78, 5) is 7.42. The smallest absolute Gasteiger partial charge is 0.156 e. The largest absolute Gasteiger partial charge is 0.496 e. The molecule has 1 fully saturated rings. The maximum absolute atomic E-state index is 6.13. The number of benzene rings is 3. The molecule has 6 heteroatoms. The van der Waals surface area contributed by atoms with Gasteiger partial charge in [0, 0.05) is 17.5 Å². The van der Waals surface area contributed by atoms with E-state index in [4.69, 9.17) is 19.6 Å². The number of nitrogens with zero attached hydrogens (tertiary/aromatic N) is 4. The highest BCUT2D eigenvalue weighted by atomic mass is 16.5. The van der Waals surface area contributed by atoms with Crippen LogP contribution in [-0.4, -0.2) is 46.2 Å². The van der Waals surface area contributed by atoms with E-state index in [1.54, 1.807) is 7.11 Å². The molecule has 0 atom stereocenters. The summed E-state index contributed by atoms with van der Waals surface area (Å²) in [5, 5.41) is 4.89. The standard InChI is InChI=1S/C34H36N4O2/c1-39-32-14-3-2-10-29(32)25-40-30-12-6-11-28(24-30)31-13-7-15-34-35-33(36-38(31)34)23-27-18-16-26(17-19-27)9-8-22-37-20-4-5-21-37/h2-3,6-7,10-19,24H,4-5,8-9,20-23,25H2,1H3. The van der Waals surface area contributed by atoms with Crippen LogP contribution in [0, 0.1) is 0 Å². The number of hydrogen-bond donors (Lipinski definition) is 0. The first-order valence-electron chi connectivity index (χ1n) is 14.3. The van der Waals surface area contributed by atoms with Gasteiger partial charge >= 0.3 is 0 Å². The number of likely N-dealkylation sites (tertiary alicyclic amines) is 1. The summed E-state index contributed by atoms with van der Waals surface area (Å²) in [5.41, 5.74) is 6.48. The lowest BCUT2D eigenvalue weighted by Crippen LogP contribution is -2.20. The van der Waals surface area contributed by atoms with Crippen molar-refractivity contribution in [1.82, 2.24) is 19.5 Å². The molecule has 3 aromatic carbocycles. The lowest BCUT2D eigenvalue weighted by Gasteiger charge is -2.13. The molecule has 0 amide bonds. The Morgan fingerprint density at radius 1 is 0.825 bits per heavy atom. The molecule has 1 aliphatic heterocycles. The molecule has 0 spiro atoms. The fourth-order valence-corrected chi connectivity index (χ4v) is 5.49. The lowest BCUT2D eigenvalue weighted by atomic mass is 10.1. The average molecular weight is 533 g/mol. The van der Waals surface area contributed by atoms with Crippen LogP contribution < -0.4 is 9.47 Å². The molecule has 2 aromatic heterocycles. The van der Waals surface area contributed by atoms with Crippen LogP contribution in [0.25, 0.3) is 16.9 Å². The minimum atomic E-state index is 0.433. The van der Waals surface area contributed by atoms with Crippen LogP contribution in [0.15, 0.2) is 91.0 Å². The molecular formula is C34H36N4O2. The summed E-state index contributed by atoms with van der Waals surface area (Å²) >= 11 is 0. The van der Waals surface area contributed by atoms with Crippen molar-refractivity contribution < 1.29 is 9.47 Å². The molecule has 0 radical (unpaired) electrons. The highest BCUT2D eigenvalue weighted by Gasteiger charge is 2.12. The Bertz CT molecular complexity index is 1550. The van der Waals surface area contributed by atoms with Crippen LogP contribution in [0.4, 0.5) is 0 Å². The van der Waals surface area contributed by atoms with Gasteiger partial charge in [-0.2, -0.15) is 5.10 Å². The van der Waals surface area contributed by atoms with E-state index in [-0.39, 0.29) is 0 Å². The molecular weight excluding hydrogens is 496 g/mol. The Labute approximate surface area is 236 Å². The van der Waals surface area contributed by atoms with Crippen LogP contribution in [0.3, 0.4) is 0 Å². The molecule has 0 N–H and O–H groups in total. The SMILES string of the molecule is COc1ccccc1COc1cccc(-c2cccc3nc(Cc4ccc(CCCN5CCCC5)cc4)nn23)c1. The molecule has 6 rings (SSSR count). The van der Waals surface area contributed by atoms with Gasteiger partial charge in [-0.25, -0.2) is 9.50 Å². The van der Waals surface area contributed by atoms with Crippen molar-refractivity contribution in [2.45, 2.75) is 38.7 Å². The topological polar surface area (TPSA) is 51.9 Å². The zero-order valence-electron chi connectivity index (χ0n) is 23.1. The van der Waals surface area contributed by atoms with Crippen molar-refractivity contribution in [2.24, 2.45) is 0 Å². The molecule has 0 saturated carbocycles.